The normalized spacial score (nSPS) is 21.6. The first-order valence-corrected chi connectivity index (χ1v) is 7.31. The van der Waals surface area contributed by atoms with Crippen LogP contribution in [0.1, 0.15) is 38.4 Å². The van der Waals surface area contributed by atoms with Crippen LogP contribution in [-0.2, 0) is 0 Å². The summed E-state index contributed by atoms with van der Waals surface area (Å²) >= 11 is 1.45. The maximum absolute atomic E-state index is 4.29. The molecule has 0 spiro atoms. The summed E-state index contributed by atoms with van der Waals surface area (Å²) in [6.45, 7) is 7.75. The fraction of sp³-hybridized carbons (Fsp3) is 0.833. The second-order valence-corrected chi connectivity index (χ2v) is 5.56. The average molecular weight is 254 g/mol. The lowest BCUT2D eigenvalue weighted by Crippen LogP contribution is -2.38. The molecule has 1 atom stereocenters. The molecule has 4 nitrogen and oxygen atoms in total. The van der Waals surface area contributed by atoms with Crippen molar-refractivity contribution in [3.8, 4) is 0 Å². The minimum absolute atomic E-state index is 0.771. The summed E-state index contributed by atoms with van der Waals surface area (Å²) < 4.78 is 4.15. The van der Waals surface area contributed by atoms with Crippen LogP contribution in [0.5, 0.6) is 0 Å². The van der Waals surface area contributed by atoms with Gasteiger partial charge in [-0.3, -0.25) is 0 Å². The van der Waals surface area contributed by atoms with Gasteiger partial charge in [-0.15, -0.1) is 0 Å². The van der Waals surface area contributed by atoms with Gasteiger partial charge in [0.05, 0.1) is 0 Å². The zero-order valence-electron chi connectivity index (χ0n) is 10.8. The van der Waals surface area contributed by atoms with Crippen molar-refractivity contribution < 1.29 is 0 Å². The quantitative estimate of drug-likeness (QED) is 0.820. The average Bonchev–Trinajstić information content (AvgIpc) is 2.73. The molecule has 2 rings (SSSR count). The van der Waals surface area contributed by atoms with Crippen molar-refractivity contribution in [3.63, 3.8) is 0 Å². The van der Waals surface area contributed by atoms with Gasteiger partial charge < -0.3 is 10.2 Å². The number of rotatable bonds is 5. The predicted octanol–water partition coefficient (Wildman–Crippen LogP) is 2.52. The first kappa shape index (κ1) is 12.8. The van der Waals surface area contributed by atoms with Crippen molar-refractivity contribution >= 4 is 16.7 Å². The fourth-order valence-corrected chi connectivity index (χ4v) is 2.94. The van der Waals surface area contributed by atoms with Gasteiger partial charge in [-0.05, 0) is 39.7 Å². The number of likely N-dealkylation sites (tertiary alicyclic amines) is 1. The third kappa shape index (κ3) is 3.92. The van der Waals surface area contributed by atoms with Gasteiger partial charge in [-0.1, -0.05) is 6.42 Å². The molecule has 1 unspecified atom stereocenters. The summed E-state index contributed by atoms with van der Waals surface area (Å²) in [5.74, 6) is 0.863. The number of nitrogens with one attached hydrogen (secondary N) is 1. The van der Waals surface area contributed by atoms with Crippen LogP contribution in [0.4, 0.5) is 5.13 Å². The maximum atomic E-state index is 4.29. The molecule has 96 valence electrons. The topological polar surface area (TPSA) is 41.1 Å². The summed E-state index contributed by atoms with van der Waals surface area (Å²) in [6.07, 6.45) is 5.32. The standard InChI is InChI=1S/C12H22N4S/c1-10-6-3-4-8-16(10)9-5-7-13-12-14-11(2)15-17-12/h10H,3-9H2,1-2H3,(H,13,14,15). The van der Waals surface area contributed by atoms with Gasteiger partial charge in [0.25, 0.3) is 0 Å². The molecule has 0 aliphatic carbocycles. The molecule has 1 aliphatic rings. The number of anilines is 1. The summed E-state index contributed by atoms with van der Waals surface area (Å²) in [6, 6.07) is 0.771. The lowest BCUT2D eigenvalue weighted by molar-refractivity contribution is 0.160. The highest BCUT2D eigenvalue weighted by Crippen LogP contribution is 2.16. The number of nitrogens with zero attached hydrogens (tertiary/aromatic N) is 3. The summed E-state index contributed by atoms with van der Waals surface area (Å²) in [5.41, 5.74) is 0. The van der Waals surface area contributed by atoms with Crippen molar-refractivity contribution in [2.75, 3.05) is 25.0 Å². The number of hydrogen-bond donors (Lipinski definition) is 1. The molecule has 0 radical (unpaired) electrons. The molecule has 1 N–H and O–H groups in total. The van der Waals surface area contributed by atoms with Gasteiger partial charge in [-0.2, -0.15) is 4.37 Å². The van der Waals surface area contributed by atoms with E-state index in [9.17, 15) is 0 Å². The summed E-state index contributed by atoms with van der Waals surface area (Å²) in [4.78, 5) is 6.90. The zero-order valence-corrected chi connectivity index (χ0v) is 11.6. The Labute approximate surface area is 108 Å². The molecule has 5 heteroatoms. The smallest absolute Gasteiger partial charge is 0.202 e. The van der Waals surface area contributed by atoms with Crippen LogP contribution < -0.4 is 5.32 Å². The highest BCUT2D eigenvalue weighted by molar-refractivity contribution is 7.09. The predicted molar refractivity (Wildman–Crippen MR) is 72.6 cm³/mol. The minimum atomic E-state index is 0.771. The molecule has 1 aromatic heterocycles. The largest absolute Gasteiger partial charge is 0.360 e. The Balaban J connectivity index is 1.62. The van der Waals surface area contributed by atoms with Crippen LogP contribution in [0, 0.1) is 6.92 Å². The number of aryl methyl sites for hydroxylation is 1. The number of aromatic nitrogens is 2. The highest BCUT2D eigenvalue weighted by Gasteiger charge is 2.16. The van der Waals surface area contributed by atoms with Gasteiger partial charge in [0.2, 0.25) is 5.13 Å². The third-order valence-corrected chi connectivity index (χ3v) is 4.13. The van der Waals surface area contributed by atoms with Crippen LogP contribution in [0.3, 0.4) is 0 Å². The Morgan fingerprint density at radius 2 is 2.35 bits per heavy atom. The third-order valence-electron chi connectivity index (χ3n) is 3.37. The van der Waals surface area contributed by atoms with E-state index in [-0.39, 0.29) is 0 Å². The summed E-state index contributed by atoms with van der Waals surface area (Å²) in [5, 5.41) is 4.29. The van der Waals surface area contributed by atoms with Gasteiger partial charge in [0.1, 0.15) is 5.82 Å². The van der Waals surface area contributed by atoms with E-state index in [0.29, 0.717) is 0 Å². The summed E-state index contributed by atoms with van der Waals surface area (Å²) in [7, 11) is 0. The van der Waals surface area contributed by atoms with E-state index >= 15 is 0 Å². The van der Waals surface area contributed by atoms with Gasteiger partial charge in [-0.25, -0.2) is 4.98 Å². The van der Waals surface area contributed by atoms with E-state index in [0.717, 1.165) is 23.5 Å². The monoisotopic (exact) mass is 254 g/mol. The zero-order chi connectivity index (χ0) is 12.1. The van der Waals surface area contributed by atoms with Crippen molar-refractivity contribution in [2.45, 2.75) is 45.6 Å². The Kier molecular flexibility index (Phi) is 4.74. The van der Waals surface area contributed by atoms with Crippen molar-refractivity contribution in [3.05, 3.63) is 5.82 Å². The Bertz CT molecular complexity index is 339. The van der Waals surface area contributed by atoms with Crippen molar-refractivity contribution in [2.24, 2.45) is 0 Å². The fourth-order valence-electron chi connectivity index (χ4n) is 2.34. The molecule has 1 saturated heterocycles. The first-order chi connectivity index (χ1) is 8.25. The SMILES string of the molecule is Cc1nsc(NCCCN2CCCCC2C)n1. The van der Waals surface area contributed by atoms with Gasteiger partial charge >= 0.3 is 0 Å². The minimum Gasteiger partial charge on any atom is -0.360 e. The van der Waals surface area contributed by atoms with E-state index in [1.165, 1.54) is 50.3 Å². The molecular formula is C12H22N4S. The number of hydrogen-bond acceptors (Lipinski definition) is 5. The number of piperidine rings is 1. The molecule has 0 bridgehead atoms. The Morgan fingerprint density at radius 3 is 3.06 bits per heavy atom. The second kappa shape index (κ2) is 6.31. The maximum Gasteiger partial charge on any atom is 0.202 e. The molecule has 17 heavy (non-hydrogen) atoms. The van der Waals surface area contributed by atoms with Crippen LogP contribution in [0.2, 0.25) is 0 Å². The van der Waals surface area contributed by atoms with Gasteiger partial charge in [0, 0.05) is 30.7 Å². The van der Waals surface area contributed by atoms with Crippen molar-refractivity contribution in [1.82, 2.24) is 14.3 Å². The van der Waals surface area contributed by atoms with Crippen molar-refractivity contribution in [1.29, 1.82) is 0 Å². The molecule has 1 aliphatic heterocycles. The van der Waals surface area contributed by atoms with E-state index < -0.39 is 0 Å². The molecular weight excluding hydrogens is 232 g/mol. The molecule has 1 aromatic rings. The lowest BCUT2D eigenvalue weighted by atomic mass is 10.0. The van der Waals surface area contributed by atoms with E-state index in [1.54, 1.807) is 0 Å². The van der Waals surface area contributed by atoms with Crippen LogP contribution >= 0.6 is 11.5 Å². The molecule has 0 saturated carbocycles. The first-order valence-electron chi connectivity index (χ1n) is 6.54. The van der Waals surface area contributed by atoms with E-state index in [2.05, 4.69) is 26.5 Å². The van der Waals surface area contributed by atoms with Crippen LogP contribution in [0.15, 0.2) is 0 Å². The Morgan fingerprint density at radius 1 is 1.47 bits per heavy atom. The highest BCUT2D eigenvalue weighted by atomic mass is 32.1. The Hall–Kier alpha value is -0.680. The molecule has 1 fully saturated rings. The second-order valence-electron chi connectivity index (χ2n) is 4.81. The van der Waals surface area contributed by atoms with Crippen LogP contribution in [0.25, 0.3) is 0 Å². The molecule has 2 heterocycles. The molecule has 0 amide bonds. The van der Waals surface area contributed by atoms with E-state index in [4.69, 9.17) is 0 Å². The van der Waals surface area contributed by atoms with E-state index in [1.807, 2.05) is 6.92 Å². The van der Waals surface area contributed by atoms with Crippen LogP contribution in [-0.4, -0.2) is 39.9 Å². The van der Waals surface area contributed by atoms with Gasteiger partial charge in [0.15, 0.2) is 0 Å². The lowest BCUT2D eigenvalue weighted by Gasteiger charge is -2.33. The molecule has 0 aromatic carbocycles.